The van der Waals surface area contributed by atoms with Crippen LogP contribution in [0.15, 0.2) is 30.3 Å². The summed E-state index contributed by atoms with van der Waals surface area (Å²) in [5, 5.41) is 10.9. The van der Waals surface area contributed by atoms with Crippen molar-refractivity contribution >= 4 is 5.97 Å². The van der Waals surface area contributed by atoms with E-state index in [4.69, 9.17) is 4.74 Å². The van der Waals surface area contributed by atoms with Gasteiger partial charge in [0.05, 0.1) is 18.1 Å². The molecule has 3 heteroatoms. The SMILES string of the molecule is CCOC(=O)C(CC)C1(O)CCC(c2ccccc2)CC1. The minimum absolute atomic E-state index is 0.249. The van der Waals surface area contributed by atoms with Gasteiger partial charge in [0.2, 0.25) is 0 Å². The lowest BCUT2D eigenvalue weighted by atomic mass is 9.70. The van der Waals surface area contributed by atoms with E-state index in [9.17, 15) is 9.90 Å². The van der Waals surface area contributed by atoms with Crippen molar-refractivity contribution in [1.82, 2.24) is 0 Å². The first-order valence-electron chi connectivity index (χ1n) is 8.04. The van der Waals surface area contributed by atoms with Gasteiger partial charge in [-0.05, 0) is 50.5 Å². The maximum absolute atomic E-state index is 12.0. The van der Waals surface area contributed by atoms with Crippen molar-refractivity contribution in [2.75, 3.05) is 6.61 Å². The topological polar surface area (TPSA) is 46.5 Å². The molecule has 1 atom stereocenters. The zero-order chi connectivity index (χ0) is 15.3. The second kappa shape index (κ2) is 7.08. The van der Waals surface area contributed by atoms with E-state index in [-0.39, 0.29) is 5.97 Å². The summed E-state index contributed by atoms with van der Waals surface area (Å²) in [5.74, 6) is -0.152. The Kier molecular flexibility index (Phi) is 5.40. The summed E-state index contributed by atoms with van der Waals surface area (Å²) in [6, 6.07) is 10.4. The van der Waals surface area contributed by atoms with Crippen molar-refractivity contribution in [2.24, 2.45) is 5.92 Å². The molecule has 0 aromatic heterocycles. The first-order chi connectivity index (χ1) is 10.1. The highest BCUT2D eigenvalue weighted by Gasteiger charge is 2.43. The van der Waals surface area contributed by atoms with E-state index in [2.05, 4.69) is 24.3 Å². The van der Waals surface area contributed by atoms with Gasteiger partial charge in [-0.3, -0.25) is 4.79 Å². The van der Waals surface area contributed by atoms with Gasteiger partial charge < -0.3 is 9.84 Å². The summed E-state index contributed by atoms with van der Waals surface area (Å²) >= 11 is 0. The number of benzene rings is 1. The van der Waals surface area contributed by atoms with Crippen LogP contribution in [0.25, 0.3) is 0 Å². The van der Waals surface area contributed by atoms with Crippen molar-refractivity contribution in [3.05, 3.63) is 35.9 Å². The number of ether oxygens (including phenoxy) is 1. The number of hydrogen-bond acceptors (Lipinski definition) is 3. The molecule has 0 radical (unpaired) electrons. The highest BCUT2D eigenvalue weighted by molar-refractivity contribution is 5.73. The maximum atomic E-state index is 12.0. The first-order valence-corrected chi connectivity index (χ1v) is 8.04. The van der Waals surface area contributed by atoms with E-state index in [1.807, 2.05) is 13.0 Å². The number of esters is 1. The van der Waals surface area contributed by atoms with Crippen molar-refractivity contribution < 1.29 is 14.6 Å². The van der Waals surface area contributed by atoms with Crippen molar-refractivity contribution in [1.29, 1.82) is 0 Å². The number of rotatable bonds is 5. The molecular weight excluding hydrogens is 264 g/mol. The lowest BCUT2D eigenvalue weighted by Gasteiger charge is -2.40. The van der Waals surface area contributed by atoms with Crippen LogP contribution in [0.5, 0.6) is 0 Å². The standard InChI is InChI=1S/C18H26O3/c1-3-16(17(19)21-4-2)18(20)12-10-15(11-13-18)14-8-6-5-7-9-14/h5-9,15-16,20H,3-4,10-13H2,1-2H3. The van der Waals surface area contributed by atoms with Gasteiger partial charge in [-0.1, -0.05) is 37.3 Å². The third-order valence-electron chi connectivity index (χ3n) is 4.75. The zero-order valence-electron chi connectivity index (χ0n) is 13.0. The van der Waals surface area contributed by atoms with Gasteiger partial charge in [0.1, 0.15) is 0 Å². The quantitative estimate of drug-likeness (QED) is 0.842. The number of carbonyl (C=O) groups excluding carboxylic acids is 1. The number of aliphatic hydroxyl groups is 1. The Morgan fingerprint density at radius 1 is 1.29 bits per heavy atom. The molecule has 1 N–H and O–H groups in total. The van der Waals surface area contributed by atoms with Crippen LogP contribution in [-0.4, -0.2) is 23.3 Å². The molecule has 1 aliphatic carbocycles. The van der Waals surface area contributed by atoms with Crippen molar-refractivity contribution in [2.45, 2.75) is 57.5 Å². The predicted octanol–water partition coefficient (Wildman–Crippen LogP) is 3.66. The van der Waals surface area contributed by atoms with Crippen LogP contribution in [0.3, 0.4) is 0 Å². The molecule has 0 aliphatic heterocycles. The molecule has 1 aliphatic rings. The molecule has 1 aromatic rings. The lowest BCUT2D eigenvalue weighted by molar-refractivity contribution is -0.161. The molecule has 0 amide bonds. The Bertz CT molecular complexity index is 447. The first kappa shape index (κ1) is 16.0. The molecule has 2 rings (SSSR count). The van der Waals surface area contributed by atoms with Gasteiger partial charge in [0.15, 0.2) is 0 Å². The molecule has 116 valence electrons. The molecule has 1 aromatic carbocycles. The normalized spacial score (nSPS) is 27.1. The Morgan fingerprint density at radius 3 is 2.43 bits per heavy atom. The number of hydrogen-bond donors (Lipinski definition) is 1. The number of carbonyl (C=O) groups is 1. The fourth-order valence-corrected chi connectivity index (χ4v) is 3.53. The van der Waals surface area contributed by atoms with Gasteiger partial charge >= 0.3 is 5.97 Å². The molecule has 0 heterocycles. The van der Waals surface area contributed by atoms with E-state index < -0.39 is 11.5 Å². The van der Waals surface area contributed by atoms with E-state index in [1.54, 1.807) is 6.92 Å². The second-order valence-electron chi connectivity index (χ2n) is 6.00. The summed E-state index contributed by atoms with van der Waals surface area (Å²) in [4.78, 5) is 12.0. The molecule has 0 spiro atoms. The van der Waals surface area contributed by atoms with Gasteiger partial charge in [-0.2, -0.15) is 0 Å². The van der Waals surface area contributed by atoms with Crippen LogP contribution in [-0.2, 0) is 9.53 Å². The molecule has 21 heavy (non-hydrogen) atoms. The van der Waals surface area contributed by atoms with Crippen molar-refractivity contribution in [3.8, 4) is 0 Å². The minimum Gasteiger partial charge on any atom is -0.466 e. The average Bonchev–Trinajstić information content (AvgIpc) is 2.49. The molecule has 3 nitrogen and oxygen atoms in total. The summed E-state index contributed by atoms with van der Waals surface area (Å²) in [5.41, 5.74) is 0.440. The Morgan fingerprint density at radius 2 is 1.90 bits per heavy atom. The van der Waals surface area contributed by atoms with Gasteiger partial charge in [0, 0.05) is 0 Å². The molecule has 0 bridgehead atoms. The van der Waals surface area contributed by atoms with Crippen LogP contribution in [0.1, 0.15) is 57.4 Å². The fraction of sp³-hybridized carbons (Fsp3) is 0.611. The lowest BCUT2D eigenvalue weighted by Crippen LogP contribution is -2.45. The fourth-order valence-electron chi connectivity index (χ4n) is 3.53. The summed E-state index contributed by atoms with van der Waals surface area (Å²) in [6.45, 7) is 4.13. The van der Waals surface area contributed by atoms with Crippen molar-refractivity contribution in [3.63, 3.8) is 0 Å². The molecule has 1 saturated carbocycles. The average molecular weight is 290 g/mol. The Labute approximate surface area is 127 Å². The van der Waals surface area contributed by atoms with Crippen LogP contribution in [0, 0.1) is 5.92 Å². The summed E-state index contributed by atoms with van der Waals surface area (Å²) < 4.78 is 5.13. The van der Waals surface area contributed by atoms with Gasteiger partial charge in [-0.25, -0.2) is 0 Å². The molecule has 0 saturated heterocycles. The largest absolute Gasteiger partial charge is 0.466 e. The van der Waals surface area contributed by atoms with Crippen LogP contribution in [0.2, 0.25) is 0 Å². The highest BCUT2D eigenvalue weighted by Crippen LogP contribution is 2.42. The van der Waals surface area contributed by atoms with E-state index in [0.29, 0.717) is 31.8 Å². The van der Waals surface area contributed by atoms with E-state index in [1.165, 1.54) is 5.56 Å². The zero-order valence-corrected chi connectivity index (χ0v) is 13.0. The second-order valence-corrected chi connectivity index (χ2v) is 6.00. The van der Waals surface area contributed by atoms with Crippen LogP contribution < -0.4 is 0 Å². The van der Waals surface area contributed by atoms with Crippen LogP contribution >= 0.6 is 0 Å². The molecule has 1 unspecified atom stereocenters. The molecule has 1 fully saturated rings. The highest BCUT2D eigenvalue weighted by atomic mass is 16.5. The third-order valence-corrected chi connectivity index (χ3v) is 4.75. The predicted molar refractivity (Wildman–Crippen MR) is 83.0 cm³/mol. The molecular formula is C18H26O3. The Balaban J connectivity index is 2.02. The third kappa shape index (κ3) is 3.65. The smallest absolute Gasteiger partial charge is 0.311 e. The van der Waals surface area contributed by atoms with Gasteiger partial charge in [0.25, 0.3) is 0 Å². The Hall–Kier alpha value is -1.35. The van der Waals surface area contributed by atoms with E-state index in [0.717, 1.165) is 12.8 Å². The summed E-state index contributed by atoms with van der Waals surface area (Å²) in [7, 11) is 0. The van der Waals surface area contributed by atoms with Crippen LogP contribution in [0.4, 0.5) is 0 Å². The monoisotopic (exact) mass is 290 g/mol. The van der Waals surface area contributed by atoms with E-state index >= 15 is 0 Å². The van der Waals surface area contributed by atoms with Gasteiger partial charge in [-0.15, -0.1) is 0 Å². The summed E-state index contributed by atoms with van der Waals surface area (Å²) in [6.07, 6.45) is 3.83. The maximum Gasteiger partial charge on any atom is 0.311 e. The minimum atomic E-state index is -0.897.